The van der Waals surface area contributed by atoms with Crippen molar-refractivity contribution >= 4 is 16.8 Å². The number of carbonyl (C=O) groups is 1. The molecule has 5 rings (SSSR count). The molecule has 2 aliphatic rings. The molecule has 5 heteroatoms. The summed E-state index contributed by atoms with van der Waals surface area (Å²) in [5.74, 6) is -0.0581. The number of H-pyrrole nitrogens is 1. The molecule has 2 aliphatic carbocycles. The summed E-state index contributed by atoms with van der Waals surface area (Å²) in [4.78, 5) is 18.7. The maximum absolute atomic E-state index is 13.5. The molecule has 1 aromatic heterocycles. The van der Waals surface area contributed by atoms with Crippen LogP contribution < -0.4 is 5.32 Å². The SMILES string of the molecule is CCN(C(=O)c1cc2ccccc2[nH]1)C1CCCC(NC2CCc3cc(F)ccc32)C1. The normalized spacial score (nSPS) is 23.1. The minimum Gasteiger partial charge on any atom is -0.351 e. The number of amides is 1. The number of fused-ring (bicyclic) bond motifs is 2. The van der Waals surface area contributed by atoms with E-state index in [1.54, 1.807) is 12.1 Å². The van der Waals surface area contributed by atoms with Gasteiger partial charge in [0.2, 0.25) is 0 Å². The van der Waals surface area contributed by atoms with E-state index in [0.717, 1.165) is 55.0 Å². The number of aromatic amines is 1. The molecule has 0 radical (unpaired) electrons. The fourth-order valence-corrected chi connectivity index (χ4v) is 5.55. The molecule has 0 bridgehead atoms. The zero-order valence-corrected chi connectivity index (χ0v) is 18.0. The number of aryl methyl sites for hydroxylation is 1. The first-order valence-electron chi connectivity index (χ1n) is 11.6. The van der Waals surface area contributed by atoms with Crippen molar-refractivity contribution in [3.63, 3.8) is 0 Å². The quantitative estimate of drug-likeness (QED) is 0.585. The maximum Gasteiger partial charge on any atom is 0.270 e. The molecule has 1 fully saturated rings. The smallest absolute Gasteiger partial charge is 0.270 e. The Kier molecular flexibility index (Phi) is 5.53. The molecule has 1 heterocycles. The Bertz CT molecular complexity index is 1060. The fourth-order valence-electron chi connectivity index (χ4n) is 5.55. The Morgan fingerprint density at radius 2 is 2.03 bits per heavy atom. The van der Waals surface area contributed by atoms with Crippen molar-refractivity contribution in [2.75, 3.05) is 6.54 Å². The third-order valence-electron chi connectivity index (χ3n) is 7.07. The van der Waals surface area contributed by atoms with Crippen LogP contribution in [0, 0.1) is 5.82 Å². The van der Waals surface area contributed by atoms with Crippen LogP contribution in [0.1, 0.15) is 66.7 Å². The Morgan fingerprint density at radius 3 is 2.87 bits per heavy atom. The summed E-state index contributed by atoms with van der Waals surface area (Å²) in [6.45, 7) is 2.77. The van der Waals surface area contributed by atoms with Crippen molar-refractivity contribution in [3.05, 3.63) is 71.2 Å². The molecule has 4 nitrogen and oxygen atoms in total. The minimum absolute atomic E-state index is 0.0889. The zero-order valence-electron chi connectivity index (χ0n) is 18.0. The standard InChI is InChI=1S/C26H30FN3O/c1-2-30(26(31)25-15-18-6-3-4-9-23(18)29-25)21-8-5-7-20(16-21)28-24-13-10-17-14-19(27)11-12-22(17)24/h3-4,6,9,11-12,14-15,20-21,24,28-29H,2,5,7-8,10,13,16H2,1H3. The third kappa shape index (κ3) is 3.99. The molecule has 31 heavy (non-hydrogen) atoms. The Balaban J connectivity index is 1.28. The zero-order chi connectivity index (χ0) is 21.4. The van der Waals surface area contributed by atoms with Crippen molar-refractivity contribution in [3.8, 4) is 0 Å². The van der Waals surface area contributed by atoms with Gasteiger partial charge >= 0.3 is 0 Å². The van der Waals surface area contributed by atoms with Crippen LogP contribution >= 0.6 is 0 Å². The van der Waals surface area contributed by atoms with Crippen molar-refractivity contribution < 1.29 is 9.18 Å². The second-order valence-electron chi connectivity index (χ2n) is 8.98. The molecule has 1 saturated carbocycles. The second kappa shape index (κ2) is 8.46. The van der Waals surface area contributed by atoms with E-state index in [4.69, 9.17) is 0 Å². The molecule has 0 saturated heterocycles. The van der Waals surface area contributed by atoms with Gasteiger partial charge in [-0.25, -0.2) is 4.39 Å². The first-order chi connectivity index (χ1) is 15.1. The summed E-state index contributed by atoms with van der Waals surface area (Å²) in [7, 11) is 0. The molecule has 3 aromatic rings. The van der Waals surface area contributed by atoms with E-state index in [0.29, 0.717) is 24.3 Å². The van der Waals surface area contributed by atoms with Crippen LogP contribution in [0.3, 0.4) is 0 Å². The molecule has 3 unspecified atom stereocenters. The van der Waals surface area contributed by atoms with Gasteiger partial charge in [0.15, 0.2) is 0 Å². The van der Waals surface area contributed by atoms with E-state index >= 15 is 0 Å². The number of aromatic nitrogens is 1. The summed E-state index contributed by atoms with van der Waals surface area (Å²) >= 11 is 0. The molecule has 2 aromatic carbocycles. The van der Waals surface area contributed by atoms with E-state index in [9.17, 15) is 9.18 Å². The van der Waals surface area contributed by atoms with Gasteiger partial charge in [-0.15, -0.1) is 0 Å². The summed E-state index contributed by atoms with van der Waals surface area (Å²) in [6.07, 6.45) is 6.20. The van der Waals surface area contributed by atoms with Crippen LogP contribution in [0.2, 0.25) is 0 Å². The first kappa shape index (κ1) is 20.3. The molecule has 0 spiro atoms. The number of benzene rings is 2. The number of halogens is 1. The summed E-state index contributed by atoms with van der Waals surface area (Å²) < 4.78 is 13.5. The van der Waals surface area contributed by atoms with Crippen LogP contribution in [-0.4, -0.2) is 34.4 Å². The maximum atomic E-state index is 13.5. The average molecular weight is 420 g/mol. The van der Waals surface area contributed by atoms with E-state index in [1.807, 2.05) is 41.3 Å². The highest BCUT2D eigenvalue weighted by Crippen LogP contribution is 2.34. The van der Waals surface area contributed by atoms with Crippen LogP contribution in [0.25, 0.3) is 10.9 Å². The average Bonchev–Trinajstić information content (AvgIpc) is 3.38. The van der Waals surface area contributed by atoms with E-state index in [-0.39, 0.29) is 17.8 Å². The highest BCUT2D eigenvalue weighted by Gasteiger charge is 2.32. The topological polar surface area (TPSA) is 48.1 Å². The molecule has 162 valence electrons. The van der Waals surface area contributed by atoms with Crippen LogP contribution in [0.4, 0.5) is 4.39 Å². The Labute approximate surface area is 182 Å². The van der Waals surface area contributed by atoms with Crippen LogP contribution in [-0.2, 0) is 6.42 Å². The Hall–Kier alpha value is -2.66. The summed E-state index contributed by atoms with van der Waals surface area (Å²) in [6, 6.07) is 16.1. The van der Waals surface area contributed by atoms with Crippen LogP contribution in [0.5, 0.6) is 0 Å². The molecule has 1 amide bonds. The number of nitrogens with one attached hydrogen (secondary N) is 2. The largest absolute Gasteiger partial charge is 0.351 e. The second-order valence-corrected chi connectivity index (χ2v) is 8.98. The van der Waals surface area contributed by atoms with Gasteiger partial charge in [0.1, 0.15) is 11.5 Å². The lowest BCUT2D eigenvalue weighted by Gasteiger charge is -2.38. The number of para-hydroxylation sites is 1. The Morgan fingerprint density at radius 1 is 1.16 bits per heavy atom. The summed E-state index contributed by atoms with van der Waals surface area (Å²) in [5, 5.41) is 4.91. The number of nitrogens with zero attached hydrogens (tertiary/aromatic N) is 1. The minimum atomic E-state index is -0.147. The number of hydrogen-bond donors (Lipinski definition) is 2. The van der Waals surface area contributed by atoms with Crippen molar-refractivity contribution in [2.45, 2.75) is 63.6 Å². The van der Waals surface area contributed by atoms with Gasteiger partial charge in [-0.2, -0.15) is 0 Å². The van der Waals surface area contributed by atoms with Crippen molar-refractivity contribution in [1.29, 1.82) is 0 Å². The van der Waals surface area contributed by atoms with Gasteiger partial charge in [0, 0.05) is 35.6 Å². The molecular weight excluding hydrogens is 389 g/mol. The van der Waals surface area contributed by atoms with Gasteiger partial charge < -0.3 is 15.2 Å². The number of carbonyl (C=O) groups excluding carboxylic acids is 1. The van der Waals surface area contributed by atoms with Gasteiger partial charge in [-0.3, -0.25) is 4.79 Å². The monoisotopic (exact) mass is 419 g/mol. The van der Waals surface area contributed by atoms with Crippen molar-refractivity contribution in [2.24, 2.45) is 0 Å². The van der Waals surface area contributed by atoms with E-state index in [2.05, 4.69) is 17.2 Å². The van der Waals surface area contributed by atoms with Gasteiger partial charge in [-0.05, 0) is 80.8 Å². The lowest BCUT2D eigenvalue weighted by Crippen LogP contribution is -2.47. The highest BCUT2D eigenvalue weighted by atomic mass is 19.1. The van der Waals surface area contributed by atoms with Gasteiger partial charge in [-0.1, -0.05) is 24.3 Å². The predicted molar refractivity (Wildman–Crippen MR) is 122 cm³/mol. The van der Waals surface area contributed by atoms with Crippen LogP contribution in [0.15, 0.2) is 48.5 Å². The number of hydrogen-bond acceptors (Lipinski definition) is 2. The van der Waals surface area contributed by atoms with Gasteiger partial charge in [0.25, 0.3) is 5.91 Å². The third-order valence-corrected chi connectivity index (χ3v) is 7.07. The lowest BCUT2D eigenvalue weighted by molar-refractivity contribution is 0.0620. The highest BCUT2D eigenvalue weighted by molar-refractivity contribution is 5.98. The van der Waals surface area contributed by atoms with Crippen molar-refractivity contribution in [1.82, 2.24) is 15.2 Å². The molecule has 2 N–H and O–H groups in total. The number of rotatable bonds is 5. The van der Waals surface area contributed by atoms with Gasteiger partial charge in [0.05, 0.1) is 0 Å². The molecule has 0 aliphatic heterocycles. The summed E-state index contributed by atoms with van der Waals surface area (Å²) in [5.41, 5.74) is 4.05. The van der Waals surface area contributed by atoms with E-state index < -0.39 is 0 Å². The van der Waals surface area contributed by atoms with E-state index in [1.165, 1.54) is 5.56 Å². The molecule has 3 atom stereocenters. The fraction of sp³-hybridized carbons (Fsp3) is 0.423. The molecular formula is C26H30FN3O. The predicted octanol–water partition coefficient (Wildman–Crippen LogP) is 5.36. The first-order valence-corrected chi connectivity index (χ1v) is 11.6. The lowest BCUT2D eigenvalue weighted by atomic mass is 9.89.